The van der Waals surface area contributed by atoms with Crippen molar-refractivity contribution in [2.24, 2.45) is 0 Å². The Kier molecular flexibility index (Phi) is 3.95. The van der Waals surface area contributed by atoms with Crippen molar-refractivity contribution >= 4 is 27.4 Å². The molecule has 0 fully saturated rings. The van der Waals surface area contributed by atoms with Gasteiger partial charge in [0.05, 0.1) is 16.8 Å². The van der Waals surface area contributed by atoms with Crippen molar-refractivity contribution in [3.05, 3.63) is 52.1 Å². The van der Waals surface area contributed by atoms with Gasteiger partial charge in [-0.15, -0.1) is 0 Å². The van der Waals surface area contributed by atoms with Crippen LogP contribution in [-0.4, -0.2) is 4.98 Å². The molecule has 2 aromatic rings. The average molecular weight is 342 g/mol. The zero-order valence-electron chi connectivity index (χ0n) is 9.87. The van der Waals surface area contributed by atoms with Gasteiger partial charge in [0.1, 0.15) is 11.9 Å². The molecule has 0 aliphatic rings. The Balaban J connectivity index is 2.41. The summed E-state index contributed by atoms with van der Waals surface area (Å²) >= 11 is 3.16. The molecule has 0 atom stereocenters. The summed E-state index contributed by atoms with van der Waals surface area (Å²) in [5.41, 5.74) is -0.343. The lowest BCUT2D eigenvalue weighted by Crippen LogP contribution is -2.06. The van der Waals surface area contributed by atoms with Gasteiger partial charge in [-0.3, -0.25) is 0 Å². The Morgan fingerprint density at radius 3 is 2.65 bits per heavy atom. The van der Waals surface area contributed by atoms with Gasteiger partial charge in [0.25, 0.3) is 0 Å². The van der Waals surface area contributed by atoms with Gasteiger partial charge in [0.15, 0.2) is 0 Å². The van der Waals surface area contributed by atoms with Gasteiger partial charge in [0.2, 0.25) is 0 Å². The molecule has 0 unspecified atom stereocenters. The van der Waals surface area contributed by atoms with E-state index in [0.29, 0.717) is 4.47 Å². The number of alkyl halides is 3. The number of rotatable bonds is 2. The number of nitrogens with zero attached hydrogens (tertiary/aromatic N) is 2. The molecule has 0 saturated heterocycles. The van der Waals surface area contributed by atoms with E-state index in [1.165, 1.54) is 18.3 Å². The van der Waals surface area contributed by atoms with E-state index in [-0.39, 0.29) is 17.1 Å². The highest BCUT2D eigenvalue weighted by Crippen LogP contribution is 2.35. The molecule has 0 bridgehead atoms. The Morgan fingerprint density at radius 2 is 2.00 bits per heavy atom. The molecule has 0 amide bonds. The summed E-state index contributed by atoms with van der Waals surface area (Å²) < 4.78 is 38.5. The zero-order valence-corrected chi connectivity index (χ0v) is 11.5. The standard InChI is InChI=1S/C13H7BrF3N3/c14-10-4-3-9(13(15,16)17)6-11(10)20-12-8(7-18)2-1-5-19-12/h1-6H,(H,19,20). The van der Waals surface area contributed by atoms with Gasteiger partial charge in [-0.1, -0.05) is 0 Å². The third-order valence-electron chi connectivity index (χ3n) is 2.47. The first-order valence-electron chi connectivity index (χ1n) is 5.40. The van der Waals surface area contributed by atoms with Gasteiger partial charge in [-0.25, -0.2) is 4.98 Å². The lowest BCUT2D eigenvalue weighted by molar-refractivity contribution is -0.137. The summed E-state index contributed by atoms with van der Waals surface area (Å²) in [6.07, 6.45) is -2.98. The van der Waals surface area contributed by atoms with Crippen molar-refractivity contribution in [3.8, 4) is 6.07 Å². The number of hydrogen-bond acceptors (Lipinski definition) is 3. The maximum absolute atomic E-state index is 12.7. The van der Waals surface area contributed by atoms with E-state index in [0.717, 1.165) is 12.1 Å². The van der Waals surface area contributed by atoms with Crippen molar-refractivity contribution < 1.29 is 13.2 Å². The second-order valence-corrected chi connectivity index (χ2v) is 4.68. The van der Waals surface area contributed by atoms with E-state index < -0.39 is 11.7 Å². The minimum atomic E-state index is -4.43. The first kappa shape index (κ1) is 14.3. The molecule has 7 heteroatoms. The number of nitrogens with one attached hydrogen (secondary N) is 1. The molecule has 2 rings (SSSR count). The predicted octanol–water partition coefficient (Wildman–Crippen LogP) is 4.48. The van der Waals surface area contributed by atoms with Crippen molar-refractivity contribution in [2.75, 3.05) is 5.32 Å². The number of pyridine rings is 1. The molecule has 0 spiro atoms. The summed E-state index contributed by atoms with van der Waals surface area (Å²) in [6.45, 7) is 0. The number of nitriles is 1. The summed E-state index contributed by atoms with van der Waals surface area (Å²) in [6, 6.07) is 8.24. The first-order chi connectivity index (χ1) is 9.41. The molecular formula is C13H7BrF3N3. The molecular weight excluding hydrogens is 335 g/mol. The molecule has 1 heterocycles. The fraction of sp³-hybridized carbons (Fsp3) is 0.0769. The third kappa shape index (κ3) is 3.08. The Hall–Kier alpha value is -2.07. The third-order valence-corrected chi connectivity index (χ3v) is 3.17. The lowest BCUT2D eigenvalue weighted by atomic mass is 10.2. The van der Waals surface area contributed by atoms with Crippen LogP contribution in [0.2, 0.25) is 0 Å². The lowest BCUT2D eigenvalue weighted by Gasteiger charge is -2.12. The first-order valence-corrected chi connectivity index (χ1v) is 6.20. The number of hydrogen-bond donors (Lipinski definition) is 1. The monoisotopic (exact) mass is 341 g/mol. The van der Waals surface area contributed by atoms with Crippen LogP contribution in [0, 0.1) is 11.3 Å². The van der Waals surface area contributed by atoms with Crippen LogP contribution >= 0.6 is 15.9 Å². The molecule has 1 aromatic heterocycles. The Morgan fingerprint density at radius 1 is 1.25 bits per heavy atom. The SMILES string of the molecule is N#Cc1cccnc1Nc1cc(C(F)(F)F)ccc1Br. The minimum absolute atomic E-state index is 0.190. The van der Waals surface area contributed by atoms with Gasteiger partial charge in [-0.2, -0.15) is 18.4 Å². The highest BCUT2D eigenvalue weighted by atomic mass is 79.9. The van der Waals surface area contributed by atoms with Crippen LogP contribution < -0.4 is 5.32 Å². The summed E-state index contributed by atoms with van der Waals surface area (Å²) in [5.74, 6) is 0.204. The second-order valence-electron chi connectivity index (χ2n) is 3.83. The van der Waals surface area contributed by atoms with Crippen LogP contribution in [0.4, 0.5) is 24.7 Å². The van der Waals surface area contributed by atoms with Gasteiger partial charge < -0.3 is 5.32 Å². The fourth-order valence-corrected chi connectivity index (χ4v) is 1.87. The smallest absolute Gasteiger partial charge is 0.338 e. The maximum Gasteiger partial charge on any atom is 0.416 e. The van der Waals surface area contributed by atoms with Crippen LogP contribution in [0.15, 0.2) is 41.0 Å². The van der Waals surface area contributed by atoms with E-state index in [2.05, 4.69) is 26.2 Å². The van der Waals surface area contributed by atoms with Crippen molar-refractivity contribution in [3.63, 3.8) is 0 Å². The van der Waals surface area contributed by atoms with Gasteiger partial charge >= 0.3 is 6.18 Å². The fourth-order valence-electron chi connectivity index (χ4n) is 1.52. The summed E-state index contributed by atoms with van der Waals surface area (Å²) in [5, 5.41) is 11.7. The average Bonchev–Trinajstić information content (AvgIpc) is 2.40. The summed E-state index contributed by atoms with van der Waals surface area (Å²) in [7, 11) is 0. The zero-order chi connectivity index (χ0) is 14.8. The Labute approximate surface area is 121 Å². The number of benzene rings is 1. The number of halogens is 4. The molecule has 3 nitrogen and oxygen atoms in total. The van der Waals surface area contributed by atoms with Crippen molar-refractivity contribution in [2.45, 2.75) is 6.18 Å². The maximum atomic E-state index is 12.7. The van der Waals surface area contributed by atoms with Crippen LogP contribution in [0.1, 0.15) is 11.1 Å². The molecule has 1 aromatic carbocycles. The van der Waals surface area contributed by atoms with Gasteiger partial charge in [-0.05, 0) is 46.3 Å². The van der Waals surface area contributed by atoms with E-state index >= 15 is 0 Å². The quantitative estimate of drug-likeness (QED) is 0.876. The van der Waals surface area contributed by atoms with E-state index in [1.54, 1.807) is 6.07 Å². The van der Waals surface area contributed by atoms with E-state index in [4.69, 9.17) is 5.26 Å². The molecule has 20 heavy (non-hydrogen) atoms. The van der Waals surface area contributed by atoms with Crippen LogP contribution in [-0.2, 0) is 6.18 Å². The number of aromatic nitrogens is 1. The Bertz CT molecular complexity index is 677. The molecule has 1 N–H and O–H groups in total. The van der Waals surface area contributed by atoms with Gasteiger partial charge in [0, 0.05) is 10.7 Å². The normalized spacial score (nSPS) is 10.9. The highest BCUT2D eigenvalue weighted by molar-refractivity contribution is 9.10. The summed E-state index contributed by atoms with van der Waals surface area (Å²) in [4.78, 5) is 3.94. The predicted molar refractivity (Wildman–Crippen MR) is 71.4 cm³/mol. The molecule has 0 saturated carbocycles. The van der Waals surface area contributed by atoms with Crippen LogP contribution in [0.25, 0.3) is 0 Å². The van der Waals surface area contributed by atoms with Crippen LogP contribution in [0.5, 0.6) is 0 Å². The second kappa shape index (κ2) is 5.51. The van der Waals surface area contributed by atoms with Crippen molar-refractivity contribution in [1.82, 2.24) is 4.98 Å². The minimum Gasteiger partial charge on any atom is -0.338 e. The topological polar surface area (TPSA) is 48.7 Å². The molecule has 102 valence electrons. The molecule has 0 aliphatic carbocycles. The highest BCUT2D eigenvalue weighted by Gasteiger charge is 2.31. The largest absolute Gasteiger partial charge is 0.416 e. The number of anilines is 2. The van der Waals surface area contributed by atoms with Crippen LogP contribution in [0.3, 0.4) is 0 Å². The van der Waals surface area contributed by atoms with Crippen molar-refractivity contribution in [1.29, 1.82) is 5.26 Å². The van der Waals surface area contributed by atoms with E-state index in [9.17, 15) is 13.2 Å². The molecule has 0 radical (unpaired) electrons. The molecule has 0 aliphatic heterocycles. The van der Waals surface area contributed by atoms with E-state index in [1.807, 2.05) is 6.07 Å².